The fourth-order valence-corrected chi connectivity index (χ4v) is 1.57. The zero-order valence-corrected chi connectivity index (χ0v) is 10.6. The van der Waals surface area contributed by atoms with Gasteiger partial charge in [-0.05, 0) is 12.1 Å². The molecule has 6 nitrogen and oxygen atoms in total. The molecular formula is C13H17N3O3. The van der Waals surface area contributed by atoms with E-state index in [0.717, 1.165) is 13.1 Å². The van der Waals surface area contributed by atoms with Crippen LogP contribution in [0.2, 0.25) is 0 Å². The molecule has 19 heavy (non-hydrogen) atoms. The molecule has 1 aliphatic rings. The Kier molecular flexibility index (Phi) is 5.18. The third-order valence-electron chi connectivity index (χ3n) is 2.57. The van der Waals surface area contributed by atoms with Crippen molar-refractivity contribution in [3.8, 4) is 5.75 Å². The molecule has 0 atom stereocenters. The van der Waals surface area contributed by atoms with Crippen molar-refractivity contribution < 1.29 is 14.3 Å². The third-order valence-corrected chi connectivity index (χ3v) is 2.57. The predicted octanol–water partition coefficient (Wildman–Crippen LogP) is 0.457. The van der Waals surface area contributed by atoms with Crippen molar-refractivity contribution in [1.82, 2.24) is 10.3 Å². The second kappa shape index (κ2) is 7.38. The van der Waals surface area contributed by atoms with Crippen LogP contribution in [0.25, 0.3) is 0 Å². The van der Waals surface area contributed by atoms with Crippen molar-refractivity contribution in [1.29, 1.82) is 0 Å². The molecule has 1 aliphatic heterocycles. The van der Waals surface area contributed by atoms with Crippen LogP contribution < -0.4 is 10.2 Å². The molecule has 0 aliphatic carbocycles. The molecular weight excluding hydrogens is 246 g/mol. The van der Waals surface area contributed by atoms with Gasteiger partial charge in [0.25, 0.3) is 5.91 Å². The van der Waals surface area contributed by atoms with Gasteiger partial charge in [0.15, 0.2) is 6.61 Å². The number of carbonyl (C=O) groups is 1. The average Bonchev–Trinajstić information content (AvgIpc) is 2.47. The monoisotopic (exact) mass is 263 g/mol. The second-order valence-corrected chi connectivity index (χ2v) is 4.03. The Labute approximate surface area is 112 Å². The number of ether oxygens (including phenoxy) is 2. The Morgan fingerprint density at radius 1 is 1.37 bits per heavy atom. The number of nitrogens with one attached hydrogen (secondary N) is 1. The molecule has 1 heterocycles. The number of carbonyl (C=O) groups excluding carboxylic acids is 1. The molecule has 0 bridgehead atoms. The van der Waals surface area contributed by atoms with Gasteiger partial charge in [-0.2, -0.15) is 5.10 Å². The summed E-state index contributed by atoms with van der Waals surface area (Å²) in [4.78, 5) is 13.5. The number of amides is 1. The molecule has 102 valence electrons. The first-order valence-electron chi connectivity index (χ1n) is 6.16. The van der Waals surface area contributed by atoms with E-state index in [1.807, 2.05) is 23.1 Å². The van der Waals surface area contributed by atoms with Crippen molar-refractivity contribution in [2.24, 2.45) is 5.10 Å². The van der Waals surface area contributed by atoms with E-state index in [-0.39, 0.29) is 12.5 Å². The van der Waals surface area contributed by atoms with E-state index in [1.165, 1.54) is 0 Å². The van der Waals surface area contributed by atoms with Gasteiger partial charge in [0.1, 0.15) is 12.1 Å². The molecule has 1 saturated heterocycles. The average molecular weight is 263 g/mol. The topological polar surface area (TPSA) is 63.2 Å². The van der Waals surface area contributed by atoms with Crippen molar-refractivity contribution in [2.75, 3.05) is 32.9 Å². The highest BCUT2D eigenvalue weighted by molar-refractivity contribution is 5.78. The molecule has 2 rings (SSSR count). The van der Waals surface area contributed by atoms with Gasteiger partial charge < -0.3 is 14.4 Å². The highest BCUT2D eigenvalue weighted by atomic mass is 16.5. The minimum absolute atomic E-state index is 0.0511. The summed E-state index contributed by atoms with van der Waals surface area (Å²) in [5.74, 6) is 0.378. The quantitative estimate of drug-likeness (QED) is 0.476. The maximum atomic E-state index is 11.5. The molecule has 6 heteroatoms. The van der Waals surface area contributed by atoms with E-state index in [2.05, 4.69) is 10.5 Å². The molecule has 0 aromatic heterocycles. The Morgan fingerprint density at radius 2 is 2.11 bits per heavy atom. The summed E-state index contributed by atoms with van der Waals surface area (Å²) in [5.41, 5.74) is 2.42. The van der Waals surface area contributed by atoms with Gasteiger partial charge in [0.2, 0.25) is 0 Å². The van der Waals surface area contributed by atoms with Crippen molar-refractivity contribution in [2.45, 2.75) is 0 Å². The first kappa shape index (κ1) is 13.4. The van der Waals surface area contributed by atoms with Gasteiger partial charge in [-0.25, -0.2) is 5.43 Å². The summed E-state index contributed by atoms with van der Waals surface area (Å²) in [5, 5.41) is 3.87. The van der Waals surface area contributed by atoms with Crippen molar-refractivity contribution >= 4 is 12.2 Å². The summed E-state index contributed by atoms with van der Waals surface area (Å²) in [6, 6.07) is 9.18. The summed E-state index contributed by atoms with van der Waals surface area (Å²) in [7, 11) is 0. The zero-order chi connectivity index (χ0) is 13.3. The highest BCUT2D eigenvalue weighted by Gasteiger charge is 2.06. The first-order valence-corrected chi connectivity index (χ1v) is 6.16. The number of morpholine rings is 1. The zero-order valence-electron chi connectivity index (χ0n) is 10.6. The number of hydrogen-bond acceptors (Lipinski definition) is 4. The van der Waals surface area contributed by atoms with E-state index in [4.69, 9.17) is 9.47 Å². The van der Waals surface area contributed by atoms with E-state index in [1.54, 1.807) is 18.5 Å². The molecule has 1 amide bonds. The van der Waals surface area contributed by atoms with Crippen molar-refractivity contribution in [3.63, 3.8) is 0 Å². The summed E-state index contributed by atoms with van der Waals surface area (Å²) < 4.78 is 10.5. The Bertz CT molecular complexity index is 416. The van der Waals surface area contributed by atoms with Crippen LogP contribution in [0.15, 0.2) is 35.4 Å². The van der Waals surface area contributed by atoms with Gasteiger partial charge in [-0.3, -0.25) is 4.79 Å². The van der Waals surface area contributed by atoms with E-state index < -0.39 is 0 Å². The molecule has 1 aromatic rings. The Balaban J connectivity index is 1.65. The Hall–Kier alpha value is -2.08. The lowest BCUT2D eigenvalue weighted by atomic mass is 10.3. The van der Waals surface area contributed by atoms with Crippen LogP contribution in [0.1, 0.15) is 0 Å². The number of hydrazone groups is 1. The lowest BCUT2D eigenvalue weighted by molar-refractivity contribution is -0.123. The van der Waals surface area contributed by atoms with Crippen LogP contribution in [0.4, 0.5) is 0 Å². The molecule has 0 radical (unpaired) electrons. The summed E-state index contributed by atoms with van der Waals surface area (Å²) in [6.07, 6.45) is 1.61. The van der Waals surface area contributed by atoms with E-state index in [0.29, 0.717) is 19.0 Å². The van der Waals surface area contributed by atoms with Crippen LogP contribution in [-0.4, -0.2) is 50.1 Å². The SMILES string of the molecule is O=C(COc1ccccc1)N/N=C\N1CCOCC1. The maximum absolute atomic E-state index is 11.5. The molecule has 1 N–H and O–H groups in total. The largest absolute Gasteiger partial charge is 0.484 e. The number of nitrogens with zero attached hydrogens (tertiary/aromatic N) is 2. The van der Waals surface area contributed by atoms with Gasteiger partial charge in [-0.1, -0.05) is 18.2 Å². The number of rotatable bonds is 5. The smallest absolute Gasteiger partial charge is 0.278 e. The van der Waals surface area contributed by atoms with Crippen LogP contribution in [0.3, 0.4) is 0 Å². The molecule has 1 fully saturated rings. The number of benzene rings is 1. The fraction of sp³-hybridized carbons (Fsp3) is 0.385. The van der Waals surface area contributed by atoms with Crippen molar-refractivity contribution in [3.05, 3.63) is 30.3 Å². The van der Waals surface area contributed by atoms with Crippen LogP contribution >= 0.6 is 0 Å². The van der Waals surface area contributed by atoms with Gasteiger partial charge in [0.05, 0.1) is 13.2 Å². The molecule has 0 unspecified atom stereocenters. The normalized spacial score (nSPS) is 15.5. The second-order valence-electron chi connectivity index (χ2n) is 4.03. The fourth-order valence-electron chi connectivity index (χ4n) is 1.57. The number of para-hydroxylation sites is 1. The van der Waals surface area contributed by atoms with Crippen LogP contribution in [0.5, 0.6) is 5.75 Å². The molecule has 0 spiro atoms. The number of hydrogen-bond donors (Lipinski definition) is 1. The lowest BCUT2D eigenvalue weighted by Crippen LogP contribution is -2.36. The van der Waals surface area contributed by atoms with Crippen LogP contribution in [-0.2, 0) is 9.53 Å². The van der Waals surface area contributed by atoms with Gasteiger partial charge in [0, 0.05) is 13.1 Å². The minimum Gasteiger partial charge on any atom is -0.484 e. The van der Waals surface area contributed by atoms with E-state index >= 15 is 0 Å². The Morgan fingerprint density at radius 3 is 2.84 bits per heavy atom. The summed E-state index contributed by atoms with van der Waals surface area (Å²) in [6.45, 7) is 2.92. The molecule has 1 aromatic carbocycles. The minimum atomic E-state index is -0.284. The van der Waals surface area contributed by atoms with E-state index in [9.17, 15) is 4.79 Å². The first-order chi connectivity index (χ1) is 9.34. The van der Waals surface area contributed by atoms with Crippen LogP contribution in [0, 0.1) is 0 Å². The standard InChI is InChI=1S/C13H17N3O3/c17-13(10-19-12-4-2-1-3-5-12)15-14-11-16-6-8-18-9-7-16/h1-5,11H,6-10H2,(H,15,17)/b14-11-. The molecule has 0 saturated carbocycles. The van der Waals surface area contributed by atoms with Gasteiger partial charge >= 0.3 is 0 Å². The predicted molar refractivity (Wildman–Crippen MR) is 71.0 cm³/mol. The van der Waals surface area contributed by atoms with Gasteiger partial charge in [-0.15, -0.1) is 0 Å². The summed E-state index contributed by atoms with van der Waals surface area (Å²) >= 11 is 0. The third kappa shape index (κ3) is 4.97. The maximum Gasteiger partial charge on any atom is 0.278 e. The lowest BCUT2D eigenvalue weighted by Gasteiger charge is -2.23. The highest BCUT2D eigenvalue weighted by Crippen LogP contribution is 2.07.